The average molecular weight is 241 g/mol. The molecule has 0 radical (unpaired) electrons. The van der Waals surface area contributed by atoms with E-state index in [1.54, 1.807) is 14.1 Å². The molecule has 0 saturated carbocycles. The second-order valence-electron chi connectivity index (χ2n) is 3.42. The molecule has 2 rings (SSSR count). The predicted molar refractivity (Wildman–Crippen MR) is 58.0 cm³/mol. The highest BCUT2D eigenvalue weighted by Crippen LogP contribution is 2.20. The standard InChI is InChI=1S/C8H11N5O2S/c1-9-7-5(10-11-16-7)3-13-6(14)4-12(2)8(13)15/h9H,3-4H2,1-2H3. The van der Waals surface area contributed by atoms with Crippen LogP contribution in [0.2, 0.25) is 0 Å². The minimum Gasteiger partial charge on any atom is -0.377 e. The molecule has 1 aliphatic heterocycles. The first-order valence-electron chi connectivity index (χ1n) is 4.68. The van der Waals surface area contributed by atoms with Crippen molar-refractivity contribution in [2.24, 2.45) is 0 Å². The Morgan fingerprint density at radius 1 is 1.50 bits per heavy atom. The van der Waals surface area contributed by atoms with E-state index < -0.39 is 0 Å². The highest BCUT2D eigenvalue weighted by atomic mass is 32.1. The molecule has 3 amide bonds. The number of imide groups is 1. The maximum absolute atomic E-state index is 11.6. The minimum absolute atomic E-state index is 0.130. The van der Waals surface area contributed by atoms with Gasteiger partial charge in [-0.25, -0.2) is 4.79 Å². The third-order valence-electron chi connectivity index (χ3n) is 2.32. The van der Waals surface area contributed by atoms with Crippen molar-refractivity contribution in [3.63, 3.8) is 0 Å². The van der Waals surface area contributed by atoms with Gasteiger partial charge in [0.1, 0.15) is 17.2 Å². The van der Waals surface area contributed by atoms with Crippen LogP contribution >= 0.6 is 11.5 Å². The van der Waals surface area contributed by atoms with Gasteiger partial charge in [-0.15, -0.1) is 5.10 Å². The molecule has 86 valence electrons. The summed E-state index contributed by atoms with van der Waals surface area (Å²) < 4.78 is 3.77. The highest BCUT2D eigenvalue weighted by Gasteiger charge is 2.34. The molecule has 0 atom stereocenters. The van der Waals surface area contributed by atoms with Crippen molar-refractivity contribution in [2.75, 3.05) is 26.0 Å². The third-order valence-corrected chi connectivity index (χ3v) is 3.11. The number of urea groups is 1. The van der Waals surface area contributed by atoms with Gasteiger partial charge < -0.3 is 10.2 Å². The Kier molecular flexibility index (Phi) is 2.73. The number of nitrogens with zero attached hydrogens (tertiary/aromatic N) is 4. The Bertz CT molecular complexity index is 432. The molecule has 0 spiro atoms. The van der Waals surface area contributed by atoms with Crippen LogP contribution in [0.4, 0.5) is 9.80 Å². The lowest BCUT2D eigenvalue weighted by atomic mass is 10.4. The molecule has 1 N–H and O–H groups in total. The molecule has 1 aromatic rings. The summed E-state index contributed by atoms with van der Waals surface area (Å²) in [5, 5.41) is 7.58. The van der Waals surface area contributed by atoms with E-state index in [0.29, 0.717) is 5.69 Å². The number of likely N-dealkylation sites (N-methyl/N-ethyl adjacent to an activating group) is 1. The van der Waals surface area contributed by atoms with Crippen molar-refractivity contribution in [3.05, 3.63) is 5.69 Å². The number of nitrogens with one attached hydrogen (secondary N) is 1. The summed E-state index contributed by atoms with van der Waals surface area (Å²) in [6, 6.07) is -0.292. The van der Waals surface area contributed by atoms with E-state index in [1.165, 1.54) is 21.3 Å². The molecule has 1 aliphatic rings. The maximum atomic E-state index is 11.6. The second kappa shape index (κ2) is 4.05. The molecule has 1 fully saturated rings. The molecule has 7 nitrogen and oxygen atoms in total. The quantitative estimate of drug-likeness (QED) is 0.752. The van der Waals surface area contributed by atoms with E-state index in [0.717, 1.165) is 5.00 Å². The molecule has 0 aliphatic carbocycles. The Morgan fingerprint density at radius 3 is 2.81 bits per heavy atom. The number of carbonyl (C=O) groups is 2. The van der Waals surface area contributed by atoms with Crippen LogP contribution in [0.1, 0.15) is 5.69 Å². The van der Waals surface area contributed by atoms with Gasteiger partial charge in [-0.3, -0.25) is 9.69 Å². The number of aromatic nitrogens is 2. The summed E-state index contributed by atoms with van der Waals surface area (Å²) in [7, 11) is 3.34. The number of hydrogen-bond acceptors (Lipinski definition) is 6. The monoisotopic (exact) mass is 241 g/mol. The average Bonchev–Trinajstić information content (AvgIpc) is 2.79. The number of anilines is 1. The molecule has 16 heavy (non-hydrogen) atoms. The first kappa shape index (κ1) is 10.8. The normalized spacial score (nSPS) is 16.1. The fraction of sp³-hybridized carbons (Fsp3) is 0.500. The van der Waals surface area contributed by atoms with Crippen LogP contribution in [0, 0.1) is 0 Å². The molecular weight excluding hydrogens is 230 g/mol. The fourth-order valence-electron chi connectivity index (χ4n) is 1.48. The molecule has 0 aromatic carbocycles. The maximum Gasteiger partial charge on any atom is 0.327 e. The summed E-state index contributed by atoms with van der Waals surface area (Å²) >= 11 is 1.20. The first-order chi connectivity index (χ1) is 7.63. The van der Waals surface area contributed by atoms with Crippen molar-refractivity contribution >= 4 is 28.5 Å². The number of carbonyl (C=O) groups excluding carboxylic acids is 2. The Balaban J connectivity index is 2.16. The summed E-state index contributed by atoms with van der Waals surface area (Å²) in [5.41, 5.74) is 0.615. The van der Waals surface area contributed by atoms with Gasteiger partial charge >= 0.3 is 6.03 Å². The van der Waals surface area contributed by atoms with E-state index in [9.17, 15) is 9.59 Å². The molecule has 2 heterocycles. The predicted octanol–water partition coefficient (Wildman–Crippen LogP) is -0.0262. The van der Waals surface area contributed by atoms with E-state index in [2.05, 4.69) is 14.9 Å². The van der Waals surface area contributed by atoms with Gasteiger partial charge in [-0.2, -0.15) is 0 Å². The molecule has 0 unspecified atom stereocenters. The zero-order chi connectivity index (χ0) is 11.7. The number of hydrogen-bond donors (Lipinski definition) is 1. The second-order valence-corrected chi connectivity index (χ2v) is 4.17. The largest absolute Gasteiger partial charge is 0.377 e. The van der Waals surface area contributed by atoms with E-state index in [-0.39, 0.29) is 25.0 Å². The zero-order valence-electron chi connectivity index (χ0n) is 8.93. The van der Waals surface area contributed by atoms with Crippen LogP contribution in [0.5, 0.6) is 0 Å². The van der Waals surface area contributed by atoms with Crippen LogP contribution in [-0.4, -0.2) is 52.0 Å². The SMILES string of the molecule is CNc1snnc1CN1C(=O)CN(C)C1=O. The van der Waals surface area contributed by atoms with Gasteiger partial charge in [-0.1, -0.05) is 4.49 Å². The Hall–Kier alpha value is -1.70. The van der Waals surface area contributed by atoms with Crippen molar-refractivity contribution in [1.29, 1.82) is 0 Å². The first-order valence-corrected chi connectivity index (χ1v) is 5.45. The summed E-state index contributed by atoms with van der Waals surface area (Å²) in [5.74, 6) is -0.206. The Morgan fingerprint density at radius 2 is 2.25 bits per heavy atom. The van der Waals surface area contributed by atoms with E-state index in [1.807, 2.05) is 0 Å². The van der Waals surface area contributed by atoms with Crippen LogP contribution in [0.3, 0.4) is 0 Å². The number of amides is 3. The van der Waals surface area contributed by atoms with Crippen LogP contribution < -0.4 is 5.32 Å². The topological polar surface area (TPSA) is 78.4 Å². The molecule has 0 bridgehead atoms. The Labute approximate surface area is 96.2 Å². The zero-order valence-corrected chi connectivity index (χ0v) is 9.74. The van der Waals surface area contributed by atoms with Crippen molar-refractivity contribution < 1.29 is 9.59 Å². The van der Waals surface area contributed by atoms with Gasteiger partial charge in [0.05, 0.1) is 6.54 Å². The van der Waals surface area contributed by atoms with Gasteiger partial charge in [0, 0.05) is 25.6 Å². The lowest BCUT2D eigenvalue weighted by Gasteiger charge is -2.12. The minimum atomic E-state index is -0.292. The van der Waals surface area contributed by atoms with Crippen molar-refractivity contribution in [1.82, 2.24) is 19.4 Å². The van der Waals surface area contributed by atoms with Crippen LogP contribution in [0.15, 0.2) is 0 Å². The van der Waals surface area contributed by atoms with Gasteiger partial charge in [0.2, 0.25) is 0 Å². The van der Waals surface area contributed by atoms with E-state index >= 15 is 0 Å². The van der Waals surface area contributed by atoms with Crippen LogP contribution in [0.25, 0.3) is 0 Å². The summed E-state index contributed by atoms with van der Waals surface area (Å²) in [6.07, 6.45) is 0. The smallest absolute Gasteiger partial charge is 0.327 e. The van der Waals surface area contributed by atoms with Crippen molar-refractivity contribution in [3.8, 4) is 0 Å². The van der Waals surface area contributed by atoms with E-state index in [4.69, 9.17) is 0 Å². The fourth-order valence-corrected chi connectivity index (χ4v) is 2.00. The summed E-state index contributed by atoms with van der Waals surface area (Å²) in [6.45, 7) is 0.306. The lowest BCUT2D eigenvalue weighted by molar-refractivity contribution is -0.125. The summed E-state index contributed by atoms with van der Waals surface area (Å²) in [4.78, 5) is 25.7. The lowest BCUT2D eigenvalue weighted by Crippen LogP contribution is -2.31. The molecule has 1 saturated heterocycles. The highest BCUT2D eigenvalue weighted by molar-refractivity contribution is 7.10. The molecule has 8 heteroatoms. The van der Waals surface area contributed by atoms with Crippen molar-refractivity contribution in [2.45, 2.75) is 6.54 Å². The molecular formula is C8H11N5O2S. The van der Waals surface area contributed by atoms with Crippen LogP contribution in [-0.2, 0) is 11.3 Å². The van der Waals surface area contributed by atoms with Gasteiger partial charge in [0.15, 0.2) is 0 Å². The van der Waals surface area contributed by atoms with Gasteiger partial charge in [0.25, 0.3) is 5.91 Å². The molecule has 1 aromatic heterocycles. The number of rotatable bonds is 3. The van der Waals surface area contributed by atoms with Gasteiger partial charge in [-0.05, 0) is 0 Å². The third kappa shape index (κ3) is 1.71.